The Balaban J connectivity index is 1.55. The van der Waals surface area contributed by atoms with Crippen LogP contribution >= 0.6 is 34.7 Å². The zero-order chi connectivity index (χ0) is 20.9. The number of fused-ring (bicyclic) bond motifs is 2. The van der Waals surface area contributed by atoms with Crippen LogP contribution in [0.15, 0.2) is 35.0 Å². The Kier molecular flexibility index (Phi) is 5.19. The van der Waals surface area contributed by atoms with E-state index in [-0.39, 0.29) is 17.2 Å². The number of nitrogens with two attached hydrogens (primary N) is 1. The lowest BCUT2D eigenvalue weighted by Crippen LogP contribution is -2.71. The molecular formula is C18H16ClN3O5S2. The second-order valence-corrected chi connectivity index (χ2v) is 8.91. The molecule has 1 aromatic heterocycles. The molecule has 2 amide bonds. The molecule has 4 N–H and O–H groups in total. The summed E-state index contributed by atoms with van der Waals surface area (Å²) in [5.74, 6) is -1.83. The van der Waals surface area contributed by atoms with Crippen molar-refractivity contribution in [1.29, 1.82) is 0 Å². The number of amides is 2. The van der Waals surface area contributed by atoms with Crippen molar-refractivity contribution in [1.82, 2.24) is 10.2 Å². The molecule has 0 saturated carbocycles. The lowest BCUT2D eigenvalue weighted by atomic mass is 10.0. The Morgan fingerprint density at radius 1 is 1.41 bits per heavy atom. The van der Waals surface area contributed by atoms with Crippen molar-refractivity contribution in [3.63, 3.8) is 0 Å². The molecule has 2 aliphatic heterocycles. The predicted octanol–water partition coefficient (Wildman–Crippen LogP) is 1.90. The average molecular weight is 454 g/mol. The van der Waals surface area contributed by atoms with Crippen LogP contribution in [0.1, 0.15) is 11.6 Å². The molecule has 0 spiro atoms. The van der Waals surface area contributed by atoms with Gasteiger partial charge in [-0.2, -0.15) is 0 Å². The van der Waals surface area contributed by atoms with Crippen LogP contribution in [0.5, 0.6) is 0 Å². The lowest BCUT2D eigenvalue weighted by molar-refractivity contribution is -0.151. The molecule has 4 rings (SSSR count). The summed E-state index contributed by atoms with van der Waals surface area (Å²) >= 11 is 9.11. The number of nitrogens with zero attached hydrogens (tertiary/aromatic N) is 1. The highest BCUT2D eigenvalue weighted by molar-refractivity contribution is 8.00. The number of ether oxygens (including phenoxy) is 1. The van der Waals surface area contributed by atoms with Gasteiger partial charge in [-0.25, -0.2) is 4.79 Å². The van der Waals surface area contributed by atoms with Crippen molar-refractivity contribution in [2.45, 2.75) is 17.5 Å². The molecule has 1 saturated heterocycles. The third kappa shape index (κ3) is 3.16. The Hall–Kier alpha value is -2.27. The fourth-order valence-corrected chi connectivity index (χ4v) is 5.87. The summed E-state index contributed by atoms with van der Waals surface area (Å²) in [6.45, 7) is 0. The van der Waals surface area contributed by atoms with Gasteiger partial charge in [0.1, 0.15) is 23.2 Å². The molecule has 152 valence electrons. The number of aliphatic carboxylic acids is 1. The van der Waals surface area contributed by atoms with E-state index < -0.39 is 35.2 Å². The van der Waals surface area contributed by atoms with Gasteiger partial charge in [-0.3, -0.25) is 14.5 Å². The highest BCUT2D eigenvalue weighted by atomic mass is 35.5. The first kappa shape index (κ1) is 20.0. The van der Waals surface area contributed by atoms with Crippen molar-refractivity contribution >= 4 is 62.6 Å². The topological polar surface area (TPSA) is 122 Å². The Morgan fingerprint density at radius 2 is 2.17 bits per heavy atom. The van der Waals surface area contributed by atoms with Crippen LogP contribution < -0.4 is 11.1 Å². The van der Waals surface area contributed by atoms with Gasteiger partial charge in [-0.05, 0) is 29.0 Å². The van der Waals surface area contributed by atoms with Gasteiger partial charge in [0.05, 0.1) is 12.9 Å². The highest BCUT2D eigenvalue weighted by Gasteiger charge is 2.55. The summed E-state index contributed by atoms with van der Waals surface area (Å²) in [6, 6.07) is 3.45. The molecule has 11 heteroatoms. The fraction of sp³-hybridized carbons (Fsp3) is 0.278. The number of hydrogen-bond acceptors (Lipinski definition) is 7. The zero-order valence-electron chi connectivity index (χ0n) is 15.0. The van der Waals surface area contributed by atoms with Gasteiger partial charge < -0.3 is 20.9 Å². The number of carbonyl (C=O) groups excluding carboxylic acids is 2. The monoisotopic (exact) mass is 453 g/mol. The molecule has 3 heterocycles. The summed E-state index contributed by atoms with van der Waals surface area (Å²) in [5, 5.41) is 14.6. The molecule has 8 nitrogen and oxygen atoms in total. The third-order valence-electron chi connectivity index (χ3n) is 4.90. The number of β-lactam (4-membered cyclic amide) rings is 1. The van der Waals surface area contributed by atoms with Crippen molar-refractivity contribution in [3.05, 3.63) is 45.6 Å². The molecule has 1 fully saturated rings. The van der Waals surface area contributed by atoms with E-state index in [1.807, 2.05) is 17.5 Å². The number of nitrogens with one attached hydrogen (secondary N) is 1. The van der Waals surface area contributed by atoms with Gasteiger partial charge in [0, 0.05) is 15.3 Å². The second kappa shape index (κ2) is 7.52. The summed E-state index contributed by atoms with van der Waals surface area (Å²) in [5.41, 5.74) is 6.48. The van der Waals surface area contributed by atoms with E-state index in [9.17, 15) is 19.5 Å². The van der Waals surface area contributed by atoms with Crippen molar-refractivity contribution < 1.29 is 24.2 Å². The first-order chi connectivity index (χ1) is 13.8. The van der Waals surface area contributed by atoms with E-state index in [4.69, 9.17) is 22.1 Å². The number of thiophene rings is 1. The van der Waals surface area contributed by atoms with Gasteiger partial charge in [0.25, 0.3) is 5.91 Å². The van der Waals surface area contributed by atoms with Crippen LogP contribution in [-0.4, -0.2) is 52.1 Å². The van der Waals surface area contributed by atoms with Gasteiger partial charge in [0.2, 0.25) is 5.91 Å². The van der Waals surface area contributed by atoms with Crippen LogP contribution in [-0.2, 0) is 19.1 Å². The van der Waals surface area contributed by atoms with E-state index in [1.165, 1.54) is 30.2 Å². The van der Waals surface area contributed by atoms with Crippen molar-refractivity contribution in [2.75, 3.05) is 12.9 Å². The van der Waals surface area contributed by atoms with E-state index in [2.05, 4.69) is 5.32 Å². The standard InChI is InChI=1S/C18H16ClN3O5S2/c1-27-9-6-29-17-13(16(24)22(17)14(9)18(25)26)21-15(23)12(20)11-7-4-5-28-10(7)3-2-8(11)19/h2-5,12-13,17H,6,20H2,1H3,(H,21,23)(H,25,26)/t12?,13-,17-/m1/s1. The van der Waals surface area contributed by atoms with E-state index in [0.29, 0.717) is 10.6 Å². The van der Waals surface area contributed by atoms with Gasteiger partial charge >= 0.3 is 5.97 Å². The second-order valence-electron chi connectivity index (χ2n) is 6.45. The molecular weight excluding hydrogens is 438 g/mol. The van der Waals surface area contributed by atoms with Gasteiger partial charge in [0.15, 0.2) is 5.70 Å². The summed E-state index contributed by atoms with van der Waals surface area (Å²) in [7, 11) is 1.36. The molecule has 0 aliphatic carbocycles. The predicted molar refractivity (Wildman–Crippen MR) is 110 cm³/mol. The van der Waals surface area contributed by atoms with Gasteiger partial charge in [-0.15, -0.1) is 23.1 Å². The minimum absolute atomic E-state index is 0.192. The molecule has 0 radical (unpaired) electrons. The SMILES string of the molecule is COC1=C(C(=O)O)N2C(=O)[C@@H](NC(=O)C(N)c3c(Cl)ccc4sccc34)[C@H]2SC1. The third-order valence-corrected chi connectivity index (χ3v) is 7.36. The minimum Gasteiger partial charge on any atom is -0.498 e. The molecule has 3 atom stereocenters. The average Bonchev–Trinajstić information content (AvgIpc) is 3.18. The van der Waals surface area contributed by atoms with Crippen LogP contribution in [0, 0.1) is 0 Å². The molecule has 2 aliphatic rings. The molecule has 1 unspecified atom stereocenters. The Bertz CT molecular complexity index is 1070. The van der Waals surface area contributed by atoms with E-state index in [1.54, 1.807) is 6.07 Å². The van der Waals surface area contributed by atoms with Crippen molar-refractivity contribution in [2.24, 2.45) is 5.73 Å². The minimum atomic E-state index is -1.25. The first-order valence-corrected chi connectivity index (χ1v) is 10.8. The molecule has 29 heavy (non-hydrogen) atoms. The Morgan fingerprint density at radius 3 is 2.86 bits per heavy atom. The van der Waals surface area contributed by atoms with Gasteiger partial charge in [-0.1, -0.05) is 11.6 Å². The number of carboxylic acid groups (broad SMARTS) is 1. The van der Waals surface area contributed by atoms with Crippen LogP contribution in [0.4, 0.5) is 0 Å². The number of methoxy groups -OCH3 is 1. The normalized spacial score (nSPS) is 22.2. The number of carbonyl (C=O) groups is 3. The summed E-state index contributed by atoms with van der Waals surface area (Å²) in [6.07, 6.45) is 0. The maximum atomic E-state index is 12.8. The number of thioether (sulfide) groups is 1. The maximum Gasteiger partial charge on any atom is 0.356 e. The Labute approximate surface area is 178 Å². The first-order valence-electron chi connectivity index (χ1n) is 8.51. The quantitative estimate of drug-likeness (QED) is 0.591. The molecule has 0 bridgehead atoms. The maximum absolute atomic E-state index is 12.8. The zero-order valence-corrected chi connectivity index (χ0v) is 17.4. The summed E-state index contributed by atoms with van der Waals surface area (Å²) < 4.78 is 6.04. The lowest BCUT2D eigenvalue weighted by Gasteiger charge is -2.49. The number of benzene rings is 1. The number of rotatable bonds is 5. The van der Waals surface area contributed by atoms with E-state index in [0.717, 1.165) is 15.0 Å². The van der Waals surface area contributed by atoms with Crippen LogP contribution in [0.2, 0.25) is 5.02 Å². The summed E-state index contributed by atoms with van der Waals surface area (Å²) in [4.78, 5) is 38.1. The molecule has 2 aromatic rings. The number of hydrogen-bond donors (Lipinski definition) is 3. The van der Waals surface area contributed by atoms with Crippen LogP contribution in [0.3, 0.4) is 0 Å². The van der Waals surface area contributed by atoms with Crippen molar-refractivity contribution in [3.8, 4) is 0 Å². The van der Waals surface area contributed by atoms with Crippen LogP contribution in [0.25, 0.3) is 10.1 Å². The number of halogens is 1. The number of carboxylic acids is 1. The highest BCUT2D eigenvalue weighted by Crippen LogP contribution is 2.41. The smallest absolute Gasteiger partial charge is 0.356 e. The molecule has 1 aromatic carbocycles. The largest absolute Gasteiger partial charge is 0.498 e. The van der Waals surface area contributed by atoms with E-state index >= 15 is 0 Å². The fourth-order valence-electron chi connectivity index (χ4n) is 3.48.